The van der Waals surface area contributed by atoms with Gasteiger partial charge in [-0.25, -0.2) is 23.5 Å². The van der Waals surface area contributed by atoms with E-state index in [2.05, 4.69) is 15.2 Å². The lowest BCUT2D eigenvalue weighted by Crippen LogP contribution is -2.39. The molecule has 3 aromatic carbocycles. The van der Waals surface area contributed by atoms with Crippen LogP contribution in [-0.2, 0) is 36.6 Å². The minimum Gasteiger partial charge on any atom is -0.457 e. The quantitative estimate of drug-likeness (QED) is 0.0985. The van der Waals surface area contributed by atoms with Crippen molar-refractivity contribution in [1.82, 2.24) is 29.6 Å². The molecule has 5 rings (SSSR count). The van der Waals surface area contributed by atoms with Gasteiger partial charge in [0.25, 0.3) is 12.3 Å². The molecule has 290 valence electrons. The van der Waals surface area contributed by atoms with Crippen molar-refractivity contribution >= 4 is 52.3 Å². The SMILES string of the molecule is CCC(O)(Cn1cncn1)c1ccc(Oc2ccc(Cl)cc2)cc1C(F)(F)F.CON(C(=O)c1cn(C)nc1C(F)F)C(C)Cc1c(Cl)cc(Cl)cc1Cl. The number of rotatable bonds is 12. The number of hydroxylamine groups is 2. The maximum Gasteiger partial charge on any atom is 0.416 e. The van der Waals surface area contributed by atoms with Crippen molar-refractivity contribution in [2.24, 2.45) is 7.05 Å². The van der Waals surface area contributed by atoms with Gasteiger partial charge in [0.2, 0.25) is 0 Å². The first kappa shape index (κ1) is 42.7. The number of nitrogens with zero attached hydrogens (tertiary/aromatic N) is 6. The van der Waals surface area contributed by atoms with E-state index in [0.29, 0.717) is 31.4 Å². The largest absolute Gasteiger partial charge is 0.457 e. The number of amides is 1. The number of halogens is 9. The number of aryl methyl sites for hydroxylation is 1. The second-order valence-electron chi connectivity index (χ2n) is 11.9. The van der Waals surface area contributed by atoms with E-state index in [9.17, 15) is 31.9 Å². The number of alkyl halides is 5. The first-order valence-electron chi connectivity index (χ1n) is 15.9. The van der Waals surface area contributed by atoms with Gasteiger partial charge < -0.3 is 9.84 Å². The van der Waals surface area contributed by atoms with Crippen molar-refractivity contribution in [3.8, 4) is 11.5 Å². The number of hydrogen-bond donors (Lipinski definition) is 1. The minimum absolute atomic E-state index is 0.00222. The van der Waals surface area contributed by atoms with Crippen molar-refractivity contribution in [3.63, 3.8) is 0 Å². The first-order chi connectivity index (χ1) is 25.4. The molecule has 19 heteroatoms. The van der Waals surface area contributed by atoms with Crippen LogP contribution < -0.4 is 4.74 Å². The third kappa shape index (κ3) is 10.6. The van der Waals surface area contributed by atoms with E-state index in [1.807, 2.05) is 0 Å². The lowest BCUT2D eigenvalue weighted by molar-refractivity contribution is -0.141. The van der Waals surface area contributed by atoms with Crippen LogP contribution in [0.25, 0.3) is 0 Å². The van der Waals surface area contributed by atoms with Crippen LogP contribution in [0.15, 0.2) is 73.4 Å². The summed E-state index contributed by atoms with van der Waals surface area (Å²) in [5.74, 6) is -0.388. The normalized spacial score (nSPS) is 13.2. The van der Waals surface area contributed by atoms with Crippen LogP contribution >= 0.6 is 46.4 Å². The molecule has 54 heavy (non-hydrogen) atoms. The molecule has 2 aromatic heterocycles. The van der Waals surface area contributed by atoms with Gasteiger partial charge in [-0.3, -0.25) is 14.3 Å². The summed E-state index contributed by atoms with van der Waals surface area (Å²) in [7, 11) is 2.73. The van der Waals surface area contributed by atoms with E-state index in [-0.39, 0.29) is 36.3 Å². The van der Waals surface area contributed by atoms with E-state index in [4.69, 9.17) is 56.0 Å². The van der Waals surface area contributed by atoms with E-state index in [1.54, 1.807) is 38.1 Å². The maximum atomic E-state index is 13.7. The molecule has 10 nitrogen and oxygen atoms in total. The summed E-state index contributed by atoms with van der Waals surface area (Å²) in [5.41, 5.74) is -3.26. The molecule has 0 radical (unpaired) electrons. The summed E-state index contributed by atoms with van der Waals surface area (Å²) < 4.78 is 75.4. The zero-order valence-electron chi connectivity index (χ0n) is 29.0. The van der Waals surface area contributed by atoms with Crippen molar-refractivity contribution in [2.45, 2.75) is 57.5 Å². The predicted octanol–water partition coefficient (Wildman–Crippen LogP) is 9.99. The second-order valence-corrected chi connectivity index (χ2v) is 13.5. The van der Waals surface area contributed by atoms with Gasteiger partial charge in [-0.1, -0.05) is 59.4 Å². The van der Waals surface area contributed by atoms with Crippen LogP contribution in [-0.4, -0.2) is 53.8 Å². The van der Waals surface area contributed by atoms with Crippen molar-refractivity contribution in [1.29, 1.82) is 0 Å². The van der Waals surface area contributed by atoms with Gasteiger partial charge >= 0.3 is 6.18 Å². The van der Waals surface area contributed by atoms with Crippen molar-refractivity contribution in [2.75, 3.05) is 7.11 Å². The Morgan fingerprint density at radius 2 is 1.59 bits per heavy atom. The molecule has 0 fully saturated rings. The monoisotopic (exact) mass is 836 g/mol. The highest BCUT2D eigenvalue weighted by molar-refractivity contribution is 6.39. The van der Waals surface area contributed by atoms with E-state index >= 15 is 0 Å². The Morgan fingerprint density at radius 1 is 0.963 bits per heavy atom. The number of aromatic nitrogens is 5. The highest BCUT2D eigenvalue weighted by Crippen LogP contribution is 2.41. The third-order valence-electron chi connectivity index (χ3n) is 8.02. The Hall–Kier alpha value is -3.99. The molecular weight excluding hydrogens is 805 g/mol. The third-order valence-corrected chi connectivity index (χ3v) is 9.16. The van der Waals surface area contributed by atoms with Gasteiger partial charge in [0.1, 0.15) is 35.4 Å². The van der Waals surface area contributed by atoms with E-state index < -0.39 is 41.4 Å². The summed E-state index contributed by atoms with van der Waals surface area (Å²) >= 11 is 24.0. The van der Waals surface area contributed by atoms with Gasteiger partial charge in [0.15, 0.2) is 0 Å². The Bertz CT molecular complexity index is 2010. The van der Waals surface area contributed by atoms with Crippen LogP contribution in [0.4, 0.5) is 22.0 Å². The molecule has 0 aliphatic heterocycles. The number of ether oxygens (including phenoxy) is 1. The van der Waals surface area contributed by atoms with Crippen molar-refractivity contribution < 1.29 is 41.4 Å². The Balaban J connectivity index is 0.000000241. The van der Waals surface area contributed by atoms with Crippen LogP contribution in [0, 0.1) is 0 Å². The van der Waals surface area contributed by atoms with Gasteiger partial charge in [-0.05, 0) is 79.4 Å². The number of benzene rings is 3. The number of aliphatic hydroxyl groups is 1. The topological polar surface area (TPSA) is 108 Å². The Kier molecular flexibility index (Phi) is 14.3. The molecule has 2 heterocycles. The zero-order valence-corrected chi connectivity index (χ0v) is 32.0. The highest BCUT2D eigenvalue weighted by Gasteiger charge is 2.41. The molecular formula is C35H33Cl4F5N6O4. The summed E-state index contributed by atoms with van der Waals surface area (Å²) in [6, 6.07) is 12.3. The molecule has 0 saturated heterocycles. The van der Waals surface area contributed by atoms with Gasteiger partial charge in [0, 0.05) is 33.3 Å². The lowest BCUT2D eigenvalue weighted by Gasteiger charge is -2.30. The standard InChI is InChI=1S/C19H17ClF3N3O2.C16H16Cl3F2N3O2/c1-2-18(27,10-26-12-24-11-25-26)16-8-7-15(9-17(16)19(21,22)23)28-14-5-3-13(20)4-6-14;1-8(4-10-12(18)5-9(17)6-13(10)19)24(26-3)16(25)11-7-23(2)22-14(11)15(20)21/h3-9,11-12,27H,2,10H2,1H3;5-8,15H,4H2,1-3H3. The van der Waals surface area contributed by atoms with Crippen LogP contribution in [0.3, 0.4) is 0 Å². The summed E-state index contributed by atoms with van der Waals surface area (Å²) in [4.78, 5) is 21.6. The minimum atomic E-state index is -4.68. The summed E-state index contributed by atoms with van der Waals surface area (Å²) in [5, 5.41) is 21.0. The summed E-state index contributed by atoms with van der Waals surface area (Å²) in [6.07, 6.45) is -3.46. The van der Waals surface area contributed by atoms with E-state index in [1.165, 1.54) is 62.0 Å². The summed E-state index contributed by atoms with van der Waals surface area (Å²) in [6.45, 7) is 3.13. The van der Waals surface area contributed by atoms with Gasteiger partial charge in [-0.15, -0.1) is 0 Å². The fourth-order valence-electron chi connectivity index (χ4n) is 5.39. The van der Waals surface area contributed by atoms with Gasteiger partial charge in [0.05, 0.1) is 30.8 Å². The molecule has 0 aliphatic carbocycles. The molecule has 1 amide bonds. The molecule has 0 spiro atoms. The average molecular weight is 838 g/mol. The highest BCUT2D eigenvalue weighted by atomic mass is 35.5. The molecule has 5 aromatic rings. The first-order valence-corrected chi connectivity index (χ1v) is 17.4. The smallest absolute Gasteiger partial charge is 0.416 e. The van der Waals surface area contributed by atoms with Crippen LogP contribution in [0.5, 0.6) is 11.5 Å². The fourth-order valence-corrected chi connectivity index (χ4v) is 6.49. The molecule has 2 unspecified atom stereocenters. The van der Waals surface area contributed by atoms with Crippen LogP contribution in [0.2, 0.25) is 20.1 Å². The molecule has 0 saturated carbocycles. The Morgan fingerprint density at radius 3 is 2.13 bits per heavy atom. The molecule has 0 aliphatic rings. The van der Waals surface area contributed by atoms with Crippen molar-refractivity contribution in [3.05, 3.63) is 121 Å². The number of carbonyl (C=O) groups excluding carboxylic acids is 1. The fraction of sp³-hybridized carbons (Fsp3) is 0.314. The Labute approximate surface area is 326 Å². The van der Waals surface area contributed by atoms with E-state index in [0.717, 1.165) is 15.8 Å². The molecule has 2 atom stereocenters. The predicted molar refractivity (Wildman–Crippen MR) is 193 cm³/mol. The lowest BCUT2D eigenvalue weighted by atomic mass is 9.87. The maximum absolute atomic E-state index is 13.7. The zero-order chi connectivity index (χ0) is 40.0. The average Bonchev–Trinajstić information content (AvgIpc) is 3.77. The number of hydrogen-bond acceptors (Lipinski definition) is 7. The number of carbonyl (C=O) groups is 1. The van der Waals surface area contributed by atoms with Crippen LogP contribution in [0.1, 0.15) is 59.4 Å². The van der Waals surface area contributed by atoms with Gasteiger partial charge in [-0.2, -0.15) is 23.4 Å². The molecule has 1 N–H and O–H groups in total. The second kappa shape index (κ2) is 18.1. The molecule has 0 bridgehead atoms.